The molecule has 1 N–H and O–H groups in total. The minimum atomic E-state index is -0.438. The Labute approximate surface area is 232 Å². The molecule has 7 heteroatoms. The maximum Gasteiger partial charge on any atom is 0.261 e. The predicted molar refractivity (Wildman–Crippen MR) is 162 cm³/mol. The van der Waals surface area contributed by atoms with E-state index in [0.29, 0.717) is 49.1 Å². The van der Waals surface area contributed by atoms with E-state index in [4.69, 9.17) is 9.72 Å². The van der Waals surface area contributed by atoms with Gasteiger partial charge >= 0.3 is 0 Å². The van der Waals surface area contributed by atoms with Gasteiger partial charge in [0.1, 0.15) is 11.6 Å². The molecule has 0 aliphatic heterocycles. The summed E-state index contributed by atoms with van der Waals surface area (Å²) in [7, 11) is 0. The molecule has 212 valence electrons. The van der Waals surface area contributed by atoms with Gasteiger partial charge in [0.15, 0.2) is 0 Å². The van der Waals surface area contributed by atoms with Crippen molar-refractivity contribution in [1.82, 2.24) is 14.5 Å². The molecule has 0 atom stereocenters. The highest BCUT2D eigenvalue weighted by Crippen LogP contribution is 2.21. The van der Waals surface area contributed by atoms with E-state index in [1.165, 1.54) is 11.6 Å². The molecule has 1 heterocycles. The third-order valence-electron chi connectivity index (χ3n) is 6.94. The van der Waals surface area contributed by atoms with Crippen LogP contribution in [0, 0.1) is 5.82 Å². The van der Waals surface area contributed by atoms with Crippen LogP contribution in [0.15, 0.2) is 41.2 Å². The number of rotatable bonds is 15. The predicted octanol–water partition coefficient (Wildman–Crippen LogP) is 6.79. The Morgan fingerprint density at radius 2 is 1.77 bits per heavy atom. The Kier molecular flexibility index (Phi) is 11.7. The topological polar surface area (TPSA) is 59.4 Å². The van der Waals surface area contributed by atoms with Gasteiger partial charge in [0.05, 0.1) is 22.7 Å². The number of nitrogens with zero attached hydrogens (tertiary/aromatic N) is 3. The zero-order chi connectivity index (χ0) is 28.4. The van der Waals surface area contributed by atoms with Crippen molar-refractivity contribution >= 4 is 28.7 Å². The molecule has 0 spiro atoms. The number of benzene rings is 2. The van der Waals surface area contributed by atoms with E-state index in [2.05, 4.69) is 62.2 Å². The highest BCUT2D eigenvalue weighted by molar-refractivity contribution is 5.83. The van der Waals surface area contributed by atoms with Gasteiger partial charge in [-0.3, -0.25) is 9.36 Å². The molecule has 6 nitrogen and oxygen atoms in total. The Bertz CT molecular complexity index is 1280. The summed E-state index contributed by atoms with van der Waals surface area (Å²) in [4.78, 5) is 20.7. The van der Waals surface area contributed by atoms with Gasteiger partial charge in [-0.2, -0.15) is 0 Å². The van der Waals surface area contributed by atoms with Crippen molar-refractivity contribution < 1.29 is 9.13 Å². The van der Waals surface area contributed by atoms with E-state index < -0.39 is 5.82 Å². The molecule has 0 aliphatic carbocycles. The number of aromatic nitrogens is 2. The number of anilines is 1. The van der Waals surface area contributed by atoms with E-state index in [9.17, 15) is 4.79 Å². The summed E-state index contributed by atoms with van der Waals surface area (Å²) < 4.78 is 22.3. The minimum Gasteiger partial charge on any atom is -0.383 e. The van der Waals surface area contributed by atoms with Crippen LogP contribution < -0.4 is 10.9 Å². The summed E-state index contributed by atoms with van der Waals surface area (Å²) in [6.45, 7) is 17.2. The van der Waals surface area contributed by atoms with Crippen LogP contribution in [-0.4, -0.2) is 53.3 Å². The molecule has 0 aliphatic rings. The number of hydrogen-bond acceptors (Lipinski definition) is 5. The fourth-order valence-electron chi connectivity index (χ4n) is 4.51. The fraction of sp³-hybridized carbons (Fsp3) is 0.500. The van der Waals surface area contributed by atoms with Crippen molar-refractivity contribution in [3.63, 3.8) is 0 Å². The lowest BCUT2D eigenvalue weighted by atomic mass is 10.0. The van der Waals surface area contributed by atoms with Gasteiger partial charge in [-0.25, -0.2) is 9.37 Å². The molecule has 39 heavy (non-hydrogen) atoms. The number of ether oxygens (including phenoxy) is 1. The van der Waals surface area contributed by atoms with Crippen molar-refractivity contribution in [3.8, 4) is 0 Å². The lowest BCUT2D eigenvalue weighted by Gasteiger charge is -2.18. The second-order valence-electron chi connectivity index (χ2n) is 10.5. The van der Waals surface area contributed by atoms with Gasteiger partial charge in [-0.05, 0) is 81.6 Å². The summed E-state index contributed by atoms with van der Waals surface area (Å²) in [6.07, 6.45) is 5.51. The largest absolute Gasteiger partial charge is 0.383 e. The van der Waals surface area contributed by atoms with Crippen LogP contribution in [0.5, 0.6) is 0 Å². The summed E-state index contributed by atoms with van der Waals surface area (Å²) in [5.74, 6) is 0.570. The van der Waals surface area contributed by atoms with Gasteiger partial charge < -0.3 is 15.0 Å². The number of fused-ring (bicyclic) bond motifs is 1. The Balaban J connectivity index is 1.91. The van der Waals surface area contributed by atoms with Crippen LogP contribution >= 0.6 is 0 Å². The van der Waals surface area contributed by atoms with E-state index in [-0.39, 0.29) is 17.0 Å². The van der Waals surface area contributed by atoms with Crippen molar-refractivity contribution in [2.24, 2.45) is 0 Å². The highest BCUT2D eigenvalue weighted by atomic mass is 19.1. The average molecular weight is 537 g/mol. The molecular weight excluding hydrogens is 491 g/mol. The normalized spacial score (nSPS) is 12.1. The van der Waals surface area contributed by atoms with Crippen molar-refractivity contribution in [3.05, 3.63) is 69.5 Å². The molecule has 2 aromatic carbocycles. The first-order valence-corrected chi connectivity index (χ1v) is 14.3. The van der Waals surface area contributed by atoms with Gasteiger partial charge in [-0.15, -0.1) is 0 Å². The molecule has 0 amide bonds. The van der Waals surface area contributed by atoms with Gasteiger partial charge in [0, 0.05) is 19.7 Å². The monoisotopic (exact) mass is 536 g/mol. The smallest absolute Gasteiger partial charge is 0.261 e. The zero-order valence-electron chi connectivity index (χ0n) is 24.5. The minimum absolute atomic E-state index is 0.122. The fourth-order valence-corrected chi connectivity index (χ4v) is 4.51. The standard InChI is InChI=1S/C32H45FN4O2/c1-7-36(8-2)18-9-17-34-30-22-29-27(21-28(30)33)32(38)37(19-10-20-39-24(5)6)31(35-29)16-13-25-11-14-26(15-12-25)23(3)4/h11-16,21-24,34H,7-10,17-20H2,1-6H3/b16-13+. The molecule has 1 aromatic heterocycles. The lowest BCUT2D eigenvalue weighted by molar-refractivity contribution is 0.0747. The number of nitrogens with one attached hydrogen (secondary N) is 1. The Morgan fingerprint density at radius 1 is 1.05 bits per heavy atom. The molecule has 0 radical (unpaired) electrons. The molecule has 3 aromatic rings. The van der Waals surface area contributed by atoms with Crippen LogP contribution in [0.2, 0.25) is 0 Å². The second-order valence-corrected chi connectivity index (χ2v) is 10.5. The van der Waals surface area contributed by atoms with E-state index >= 15 is 4.39 Å². The maximum absolute atomic E-state index is 15.0. The first kappa shape index (κ1) is 30.5. The lowest BCUT2D eigenvalue weighted by Crippen LogP contribution is -2.26. The third kappa shape index (κ3) is 8.73. The summed E-state index contributed by atoms with van der Waals surface area (Å²) >= 11 is 0. The van der Waals surface area contributed by atoms with Crippen LogP contribution in [0.1, 0.15) is 77.3 Å². The van der Waals surface area contributed by atoms with Crippen LogP contribution in [0.3, 0.4) is 0 Å². The molecular formula is C32H45FN4O2. The first-order chi connectivity index (χ1) is 18.7. The van der Waals surface area contributed by atoms with Crippen LogP contribution in [0.4, 0.5) is 10.1 Å². The summed E-state index contributed by atoms with van der Waals surface area (Å²) in [6, 6.07) is 11.4. The van der Waals surface area contributed by atoms with Gasteiger partial charge in [0.2, 0.25) is 0 Å². The molecule has 0 saturated carbocycles. The van der Waals surface area contributed by atoms with E-state index in [1.807, 2.05) is 26.0 Å². The quantitative estimate of drug-likeness (QED) is 0.217. The molecule has 0 unspecified atom stereocenters. The molecule has 0 fully saturated rings. The average Bonchev–Trinajstić information content (AvgIpc) is 2.92. The molecule has 3 rings (SSSR count). The van der Waals surface area contributed by atoms with Crippen molar-refractivity contribution in [1.29, 1.82) is 0 Å². The summed E-state index contributed by atoms with van der Waals surface area (Å²) in [5.41, 5.74) is 2.91. The third-order valence-corrected chi connectivity index (χ3v) is 6.94. The Hall–Kier alpha value is -3.03. The van der Waals surface area contributed by atoms with Crippen molar-refractivity contribution in [2.45, 2.75) is 73.0 Å². The number of hydrogen-bond donors (Lipinski definition) is 1. The number of halogens is 1. The van der Waals surface area contributed by atoms with E-state index in [0.717, 1.165) is 31.6 Å². The Morgan fingerprint density at radius 3 is 2.41 bits per heavy atom. The molecule has 0 bridgehead atoms. The van der Waals surface area contributed by atoms with Crippen LogP contribution in [0.25, 0.3) is 23.1 Å². The summed E-state index contributed by atoms with van der Waals surface area (Å²) in [5, 5.41) is 3.48. The van der Waals surface area contributed by atoms with E-state index in [1.54, 1.807) is 10.6 Å². The maximum atomic E-state index is 15.0. The molecule has 0 saturated heterocycles. The first-order valence-electron chi connectivity index (χ1n) is 14.3. The SMILES string of the molecule is CCN(CC)CCCNc1cc2nc(/C=C/c3ccc(C(C)C)cc3)n(CCCOC(C)C)c(=O)c2cc1F. The zero-order valence-corrected chi connectivity index (χ0v) is 24.5. The van der Waals surface area contributed by atoms with Gasteiger partial charge in [-0.1, -0.05) is 58.0 Å². The highest BCUT2D eigenvalue weighted by Gasteiger charge is 2.14. The second kappa shape index (κ2) is 14.9. The van der Waals surface area contributed by atoms with Crippen LogP contribution in [-0.2, 0) is 11.3 Å². The van der Waals surface area contributed by atoms with Gasteiger partial charge in [0.25, 0.3) is 5.56 Å². The van der Waals surface area contributed by atoms with Crippen molar-refractivity contribution in [2.75, 3.05) is 38.1 Å².